The third kappa shape index (κ3) is 8.96. The molecular weight excluding hydrogens is 851 g/mol. The fourth-order valence-electron chi connectivity index (χ4n) is 11.5. The predicted molar refractivity (Wildman–Crippen MR) is 254 cm³/mol. The van der Waals surface area contributed by atoms with Crippen LogP contribution in [0.4, 0.5) is 27.9 Å². The molecule has 1 saturated carbocycles. The number of carbonyl (C=O) groups is 5. The highest BCUT2D eigenvalue weighted by Gasteiger charge is 2.39. The van der Waals surface area contributed by atoms with E-state index in [4.69, 9.17) is 4.98 Å². The Balaban J connectivity index is 0.654. The lowest BCUT2D eigenvalue weighted by molar-refractivity contribution is -0.136. The van der Waals surface area contributed by atoms with E-state index in [1.165, 1.54) is 19.8 Å². The van der Waals surface area contributed by atoms with Crippen LogP contribution in [0.3, 0.4) is 0 Å². The van der Waals surface area contributed by atoms with Gasteiger partial charge in [0.1, 0.15) is 17.5 Å². The van der Waals surface area contributed by atoms with Crippen LogP contribution in [0.15, 0.2) is 47.5 Å². The van der Waals surface area contributed by atoms with E-state index < -0.39 is 6.04 Å². The average molecular weight is 912 g/mol. The van der Waals surface area contributed by atoms with Gasteiger partial charge in [-0.2, -0.15) is 4.98 Å². The normalized spacial score (nSPS) is 21.1. The topological polar surface area (TPSA) is 186 Å². The van der Waals surface area contributed by atoms with Crippen LogP contribution in [-0.2, 0) is 16.1 Å². The summed E-state index contributed by atoms with van der Waals surface area (Å²) in [6.45, 7) is 9.94. The molecular formula is C50H61N11O6. The van der Waals surface area contributed by atoms with Gasteiger partial charge in [-0.05, 0) is 112 Å². The number of rotatable bonds is 10. The first kappa shape index (κ1) is 44.4. The average Bonchev–Trinajstić information content (AvgIpc) is 3.99. The molecule has 10 rings (SSSR count). The van der Waals surface area contributed by atoms with Gasteiger partial charge in [-0.1, -0.05) is 25.7 Å². The van der Waals surface area contributed by atoms with Crippen molar-refractivity contribution in [1.29, 1.82) is 0 Å². The fraction of sp³-hybridized carbons (Fsp3) is 0.540. The lowest BCUT2D eigenvalue weighted by Gasteiger charge is -2.40. The van der Waals surface area contributed by atoms with E-state index in [0.29, 0.717) is 71.8 Å². The highest BCUT2D eigenvalue weighted by Crippen LogP contribution is 2.35. The lowest BCUT2D eigenvalue weighted by atomic mass is 9.85. The number of Topliss-reactive ketones (excluding diaryl/α,β-unsaturated/α-hetero) is 1. The van der Waals surface area contributed by atoms with Crippen molar-refractivity contribution in [3.8, 4) is 0 Å². The molecule has 1 unspecified atom stereocenters. The van der Waals surface area contributed by atoms with Crippen molar-refractivity contribution in [3.63, 3.8) is 0 Å². The summed E-state index contributed by atoms with van der Waals surface area (Å²) in [6, 6.07) is 9.49. The number of imide groups is 1. The summed E-state index contributed by atoms with van der Waals surface area (Å²) in [5.74, 6) is 1.19. The number of ketones is 1. The second kappa shape index (κ2) is 18.7. The Morgan fingerprint density at radius 3 is 2.10 bits per heavy atom. The minimum absolute atomic E-state index is 0.00165. The maximum atomic E-state index is 13.6. The molecule has 3 aromatic heterocycles. The van der Waals surface area contributed by atoms with Crippen molar-refractivity contribution in [2.75, 3.05) is 67.5 Å². The van der Waals surface area contributed by atoms with E-state index >= 15 is 0 Å². The Bertz CT molecular complexity index is 2640. The molecule has 1 atom stereocenters. The Morgan fingerprint density at radius 2 is 1.43 bits per heavy atom. The predicted octanol–water partition coefficient (Wildman–Crippen LogP) is 5.97. The number of urea groups is 1. The molecule has 5 amide bonds. The second-order valence-corrected chi connectivity index (χ2v) is 19.6. The number of aromatic nitrogens is 4. The third-order valence-electron chi connectivity index (χ3n) is 15.5. The molecule has 2 N–H and O–H groups in total. The molecule has 1 aromatic carbocycles. The first-order chi connectivity index (χ1) is 32.5. The largest absolute Gasteiger partial charge is 0.372 e. The molecule has 6 aliphatic rings. The van der Waals surface area contributed by atoms with Crippen LogP contribution in [0.25, 0.3) is 11.0 Å². The number of amides is 5. The number of benzene rings is 1. The monoisotopic (exact) mass is 911 g/mol. The van der Waals surface area contributed by atoms with Crippen molar-refractivity contribution in [3.05, 3.63) is 75.3 Å². The summed E-state index contributed by atoms with van der Waals surface area (Å²) in [5.41, 5.74) is 4.78. The van der Waals surface area contributed by atoms with Crippen LogP contribution in [-0.4, -0.2) is 122 Å². The number of hydrogen-bond acceptors (Lipinski definition) is 12. The third-order valence-corrected chi connectivity index (χ3v) is 15.5. The summed E-state index contributed by atoms with van der Waals surface area (Å²) < 4.78 is 1.71. The van der Waals surface area contributed by atoms with Gasteiger partial charge in [-0.3, -0.25) is 33.9 Å². The van der Waals surface area contributed by atoms with Gasteiger partial charge in [-0.25, -0.2) is 14.8 Å². The molecule has 8 heterocycles. The van der Waals surface area contributed by atoms with Crippen molar-refractivity contribution in [2.45, 2.75) is 110 Å². The van der Waals surface area contributed by atoms with E-state index in [2.05, 4.69) is 36.5 Å². The van der Waals surface area contributed by atoms with Crippen molar-refractivity contribution >= 4 is 63.7 Å². The number of piperazine rings is 1. The van der Waals surface area contributed by atoms with Gasteiger partial charge in [0.15, 0.2) is 5.78 Å². The molecule has 1 aliphatic carbocycles. The van der Waals surface area contributed by atoms with Gasteiger partial charge in [0, 0.05) is 94.2 Å². The van der Waals surface area contributed by atoms with Gasteiger partial charge in [0.25, 0.3) is 11.5 Å². The zero-order chi connectivity index (χ0) is 46.3. The number of anilines is 4. The van der Waals surface area contributed by atoms with E-state index in [1.54, 1.807) is 22.6 Å². The molecule has 0 bridgehead atoms. The van der Waals surface area contributed by atoms with Crippen molar-refractivity contribution in [1.82, 2.24) is 39.5 Å². The summed E-state index contributed by atoms with van der Waals surface area (Å²) in [6.07, 6.45) is 14.7. The summed E-state index contributed by atoms with van der Waals surface area (Å²) >= 11 is 0. The molecule has 17 heteroatoms. The van der Waals surface area contributed by atoms with E-state index in [-0.39, 0.29) is 53.1 Å². The standard InChI is InChI=1S/C50H61N11O6/c1-31-40-29-52-49(55-45(40)61(36-5-3-4-6-36)48(66)44(31)32(2)62)53-42-13-10-38(28-51-42)57-23-25-59(26-24-57)50(67)58-21-17-34(18-22-58)8-7-33-15-19-56(20-16-33)37-9-11-39-35(27-37)30-60(47(39)65)41-12-14-43(63)54-46(41)64/h9-11,13,27-29,33-34,36,41H,3-8,12,14-26,30H2,1-2H3,(H,54,63,64)(H,51,52,53,55). The maximum Gasteiger partial charge on any atom is 0.320 e. The summed E-state index contributed by atoms with van der Waals surface area (Å²) in [4.78, 5) is 101. The van der Waals surface area contributed by atoms with Crippen molar-refractivity contribution < 1.29 is 24.0 Å². The smallest absolute Gasteiger partial charge is 0.320 e. The number of nitrogens with zero attached hydrogens (tertiary/aromatic N) is 9. The van der Waals surface area contributed by atoms with E-state index in [0.717, 1.165) is 108 Å². The maximum absolute atomic E-state index is 13.6. The summed E-state index contributed by atoms with van der Waals surface area (Å²) in [5, 5.41) is 6.29. The lowest BCUT2D eigenvalue weighted by Crippen LogP contribution is -2.54. The summed E-state index contributed by atoms with van der Waals surface area (Å²) in [7, 11) is 0. The molecule has 0 spiro atoms. The van der Waals surface area contributed by atoms with E-state index in [9.17, 15) is 28.8 Å². The van der Waals surface area contributed by atoms with Crippen LogP contribution >= 0.6 is 0 Å². The molecule has 0 radical (unpaired) electrons. The molecule has 352 valence electrons. The molecule has 67 heavy (non-hydrogen) atoms. The first-order valence-corrected chi connectivity index (χ1v) is 24.5. The zero-order valence-corrected chi connectivity index (χ0v) is 38.7. The van der Waals surface area contributed by atoms with Gasteiger partial charge >= 0.3 is 6.03 Å². The number of hydrogen-bond donors (Lipinski definition) is 2. The van der Waals surface area contributed by atoms with E-state index in [1.807, 2.05) is 40.3 Å². The van der Waals surface area contributed by atoms with Crippen LogP contribution in [0.5, 0.6) is 0 Å². The SMILES string of the molecule is CC(=O)c1c(C)c2cnc(Nc3ccc(N4CCN(C(=O)N5CCC(CCC6CCN(c7ccc8c(c7)CN(C7CCC(=O)NC7=O)C8=O)CC6)CC5)CC4)cn3)nc2n(C2CCCC2)c1=O. The molecule has 4 saturated heterocycles. The van der Waals surface area contributed by atoms with Gasteiger partial charge in [0.05, 0.1) is 17.4 Å². The number of likely N-dealkylation sites (tertiary alicyclic amines) is 1. The molecule has 4 aromatic rings. The highest BCUT2D eigenvalue weighted by atomic mass is 16.2. The number of piperidine rings is 3. The number of carbonyl (C=O) groups excluding carboxylic acids is 5. The first-order valence-electron chi connectivity index (χ1n) is 24.5. The van der Waals surface area contributed by atoms with Gasteiger partial charge in [-0.15, -0.1) is 0 Å². The minimum Gasteiger partial charge on any atom is -0.372 e. The van der Waals surface area contributed by atoms with Crippen LogP contribution in [0, 0.1) is 18.8 Å². The fourth-order valence-corrected chi connectivity index (χ4v) is 11.5. The Hall–Kier alpha value is -6.39. The molecule has 17 nitrogen and oxygen atoms in total. The number of pyridine rings is 2. The number of fused-ring (bicyclic) bond motifs is 2. The Labute approximate surface area is 390 Å². The van der Waals surface area contributed by atoms with Crippen molar-refractivity contribution in [2.24, 2.45) is 11.8 Å². The Kier molecular flexibility index (Phi) is 12.4. The van der Waals surface area contributed by atoms with Crippen LogP contribution in [0.1, 0.15) is 122 Å². The van der Waals surface area contributed by atoms with Gasteiger partial charge < -0.3 is 29.8 Å². The quantitative estimate of drug-likeness (QED) is 0.141. The van der Waals surface area contributed by atoms with Crippen LogP contribution < -0.4 is 26.0 Å². The zero-order valence-electron chi connectivity index (χ0n) is 38.7. The molecule has 5 aliphatic heterocycles. The minimum atomic E-state index is -0.601. The van der Waals surface area contributed by atoms with Gasteiger partial charge in [0.2, 0.25) is 17.8 Å². The highest BCUT2D eigenvalue weighted by molar-refractivity contribution is 6.05. The van der Waals surface area contributed by atoms with Crippen LogP contribution in [0.2, 0.25) is 0 Å². The second-order valence-electron chi connectivity index (χ2n) is 19.6. The number of aryl methyl sites for hydroxylation is 1. The molecule has 5 fully saturated rings. The number of nitrogens with one attached hydrogen (secondary N) is 2. The Morgan fingerprint density at radius 1 is 0.761 bits per heavy atom.